The molecule has 0 aliphatic heterocycles. The number of rotatable bonds is 5. The highest BCUT2D eigenvalue weighted by Gasteiger charge is 2.08. The van der Waals surface area contributed by atoms with Crippen LogP contribution in [-0.2, 0) is 0 Å². The number of anilines is 1. The van der Waals surface area contributed by atoms with E-state index in [9.17, 15) is 4.79 Å². The van der Waals surface area contributed by atoms with Crippen LogP contribution < -0.4 is 9.64 Å². The van der Waals surface area contributed by atoms with E-state index in [4.69, 9.17) is 9.15 Å². The number of para-hydroxylation sites is 1. The summed E-state index contributed by atoms with van der Waals surface area (Å²) in [6, 6.07) is 15.1. The average molecular weight is 321 g/mol. The molecule has 4 heteroatoms. The van der Waals surface area contributed by atoms with E-state index in [-0.39, 0.29) is 5.78 Å². The van der Waals surface area contributed by atoms with E-state index in [1.54, 1.807) is 13.2 Å². The summed E-state index contributed by atoms with van der Waals surface area (Å²) in [5.41, 5.74) is 2.38. The van der Waals surface area contributed by atoms with Crippen molar-refractivity contribution in [2.45, 2.75) is 0 Å². The van der Waals surface area contributed by atoms with Crippen LogP contribution in [0.15, 0.2) is 59.0 Å². The molecule has 1 aromatic heterocycles. The first-order valence-corrected chi connectivity index (χ1v) is 7.65. The molecule has 0 saturated heterocycles. The lowest BCUT2D eigenvalue weighted by Gasteiger charge is -2.11. The summed E-state index contributed by atoms with van der Waals surface area (Å²) in [5, 5.41) is 0.941. The topological polar surface area (TPSA) is 42.7 Å². The first kappa shape index (κ1) is 15.9. The Kier molecular flexibility index (Phi) is 4.38. The molecule has 0 atom stereocenters. The van der Waals surface area contributed by atoms with E-state index in [2.05, 4.69) is 0 Å². The van der Waals surface area contributed by atoms with Crippen molar-refractivity contribution in [3.8, 4) is 5.75 Å². The third kappa shape index (κ3) is 3.18. The Labute approximate surface area is 140 Å². The molecule has 0 fully saturated rings. The number of carbonyl (C=O) groups is 1. The van der Waals surface area contributed by atoms with Gasteiger partial charge in [0.15, 0.2) is 17.1 Å². The maximum absolute atomic E-state index is 12.3. The van der Waals surface area contributed by atoms with Crippen molar-refractivity contribution >= 4 is 28.5 Å². The number of fused-ring (bicyclic) bond motifs is 1. The molecule has 0 spiro atoms. The van der Waals surface area contributed by atoms with Crippen molar-refractivity contribution in [3.05, 3.63) is 65.9 Å². The van der Waals surface area contributed by atoms with Crippen LogP contribution in [0.2, 0.25) is 0 Å². The van der Waals surface area contributed by atoms with Crippen molar-refractivity contribution in [1.29, 1.82) is 0 Å². The number of hydrogen-bond acceptors (Lipinski definition) is 4. The number of nitrogens with zero attached hydrogens (tertiary/aromatic N) is 1. The van der Waals surface area contributed by atoms with Crippen LogP contribution >= 0.6 is 0 Å². The van der Waals surface area contributed by atoms with Crippen LogP contribution in [0.4, 0.5) is 5.69 Å². The largest absolute Gasteiger partial charge is 0.493 e. The molecule has 4 nitrogen and oxygen atoms in total. The molecule has 24 heavy (non-hydrogen) atoms. The average Bonchev–Trinajstić information content (AvgIpc) is 3.02. The van der Waals surface area contributed by atoms with Gasteiger partial charge in [0.25, 0.3) is 0 Å². The minimum absolute atomic E-state index is 0.0623. The molecule has 0 bridgehead atoms. The second-order valence-corrected chi connectivity index (χ2v) is 5.67. The Morgan fingerprint density at radius 3 is 2.54 bits per heavy atom. The fourth-order valence-corrected chi connectivity index (χ4v) is 2.48. The van der Waals surface area contributed by atoms with E-state index in [0.717, 1.165) is 11.1 Å². The standard InChI is InChI=1S/C20H19NO3/c1-21(2)16-9-7-14(8-10-16)18(22)12-11-17-13-15-5-4-6-19(23-3)20(15)24-17/h4-13H,1-3H3/b12-11+. The van der Waals surface area contributed by atoms with Crippen molar-refractivity contribution < 1.29 is 13.9 Å². The Hall–Kier alpha value is -3.01. The van der Waals surface area contributed by atoms with Gasteiger partial charge in [0.05, 0.1) is 7.11 Å². The molecule has 0 radical (unpaired) electrons. The molecule has 3 aromatic rings. The molecule has 0 N–H and O–H groups in total. The number of furan rings is 1. The quantitative estimate of drug-likeness (QED) is 0.516. The van der Waals surface area contributed by atoms with Crippen LogP contribution in [0.3, 0.4) is 0 Å². The number of allylic oxidation sites excluding steroid dienone is 1. The number of carbonyl (C=O) groups excluding carboxylic acids is 1. The van der Waals surface area contributed by atoms with Gasteiger partial charge < -0.3 is 14.1 Å². The normalized spacial score (nSPS) is 11.1. The zero-order valence-electron chi connectivity index (χ0n) is 13.9. The van der Waals surface area contributed by atoms with Gasteiger partial charge in [0, 0.05) is 30.7 Å². The van der Waals surface area contributed by atoms with Crippen LogP contribution in [0.25, 0.3) is 17.0 Å². The summed E-state index contributed by atoms with van der Waals surface area (Å²) in [4.78, 5) is 14.3. The van der Waals surface area contributed by atoms with E-state index in [1.807, 2.05) is 67.5 Å². The Bertz CT molecular complexity index is 889. The number of ether oxygens (including phenoxy) is 1. The first-order valence-electron chi connectivity index (χ1n) is 7.65. The van der Waals surface area contributed by atoms with Gasteiger partial charge in [-0.25, -0.2) is 0 Å². The minimum Gasteiger partial charge on any atom is -0.493 e. The van der Waals surface area contributed by atoms with Gasteiger partial charge in [0.1, 0.15) is 5.76 Å². The van der Waals surface area contributed by atoms with Crippen molar-refractivity contribution in [3.63, 3.8) is 0 Å². The summed E-state index contributed by atoms with van der Waals surface area (Å²) in [5.74, 6) is 1.23. The van der Waals surface area contributed by atoms with Gasteiger partial charge >= 0.3 is 0 Å². The fraction of sp³-hybridized carbons (Fsp3) is 0.150. The molecule has 0 unspecified atom stereocenters. The molecule has 0 saturated carbocycles. The number of hydrogen-bond donors (Lipinski definition) is 0. The first-order chi connectivity index (χ1) is 11.6. The van der Waals surface area contributed by atoms with Gasteiger partial charge in [-0.05, 0) is 48.6 Å². The van der Waals surface area contributed by atoms with Gasteiger partial charge in [0.2, 0.25) is 0 Å². The smallest absolute Gasteiger partial charge is 0.185 e. The van der Waals surface area contributed by atoms with Gasteiger partial charge in [-0.15, -0.1) is 0 Å². The molecule has 2 aromatic carbocycles. The van der Waals surface area contributed by atoms with Gasteiger partial charge in [-0.3, -0.25) is 4.79 Å². The Morgan fingerprint density at radius 2 is 1.88 bits per heavy atom. The highest BCUT2D eigenvalue weighted by Crippen LogP contribution is 2.29. The van der Waals surface area contributed by atoms with Crippen LogP contribution in [-0.4, -0.2) is 27.0 Å². The lowest BCUT2D eigenvalue weighted by molar-refractivity contribution is 0.104. The van der Waals surface area contributed by atoms with E-state index in [1.165, 1.54) is 6.08 Å². The van der Waals surface area contributed by atoms with Crippen molar-refractivity contribution in [1.82, 2.24) is 0 Å². The summed E-state index contributed by atoms with van der Waals surface area (Å²) < 4.78 is 11.0. The summed E-state index contributed by atoms with van der Waals surface area (Å²) in [6.07, 6.45) is 3.20. The van der Waals surface area contributed by atoms with Crippen molar-refractivity contribution in [2.24, 2.45) is 0 Å². The third-order valence-electron chi connectivity index (χ3n) is 3.81. The van der Waals surface area contributed by atoms with E-state index >= 15 is 0 Å². The van der Waals surface area contributed by atoms with Crippen LogP contribution in [0.1, 0.15) is 16.1 Å². The number of benzene rings is 2. The van der Waals surface area contributed by atoms with Gasteiger partial charge in [-0.2, -0.15) is 0 Å². The second kappa shape index (κ2) is 6.62. The lowest BCUT2D eigenvalue weighted by Crippen LogP contribution is -2.08. The molecular formula is C20H19NO3. The molecule has 122 valence electrons. The van der Waals surface area contributed by atoms with Crippen molar-refractivity contribution in [2.75, 3.05) is 26.1 Å². The molecule has 3 rings (SSSR count). The second-order valence-electron chi connectivity index (χ2n) is 5.67. The highest BCUT2D eigenvalue weighted by atomic mass is 16.5. The zero-order valence-corrected chi connectivity index (χ0v) is 13.9. The highest BCUT2D eigenvalue weighted by molar-refractivity contribution is 6.07. The van der Waals surface area contributed by atoms with Crippen LogP contribution in [0.5, 0.6) is 5.75 Å². The maximum Gasteiger partial charge on any atom is 0.185 e. The molecule has 0 amide bonds. The molecular weight excluding hydrogens is 302 g/mol. The maximum atomic E-state index is 12.3. The van der Waals surface area contributed by atoms with Crippen LogP contribution in [0, 0.1) is 0 Å². The molecule has 0 aliphatic carbocycles. The molecule has 0 aliphatic rings. The fourth-order valence-electron chi connectivity index (χ4n) is 2.48. The van der Waals surface area contributed by atoms with E-state index < -0.39 is 0 Å². The Balaban J connectivity index is 1.81. The number of ketones is 1. The number of methoxy groups -OCH3 is 1. The third-order valence-corrected chi connectivity index (χ3v) is 3.81. The zero-order chi connectivity index (χ0) is 17.1. The lowest BCUT2D eigenvalue weighted by atomic mass is 10.1. The predicted molar refractivity (Wildman–Crippen MR) is 96.9 cm³/mol. The van der Waals surface area contributed by atoms with E-state index in [0.29, 0.717) is 22.7 Å². The monoisotopic (exact) mass is 321 g/mol. The molecule has 1 heterocycles. The Morgan fingerprint density at radius 1 is 1.12 bits per heavy atom. The minimum atomic E-state index is -0.0623. The summed E-state index contributed by atoms with van der Waals surface area (Å²) in [6.45, 7) is 0. The predicted octanol–water partition coefficient (Wildman–Crippen LogP) is 4.40. The van der Waals surface area contributed by atoms with Gasteiger partial charge in [-0.1, -0.05) is 12.1 Å². The summed E-state index contributed by atoms with van der Waals surface area (Å²) >= 11 is 0. The summed E-state index contributed by atoms with van der Waals surface area (Å²) in [7, 11) is 5.53. The SMILES string of the molecule is COc1cccc2cc(/C=C/C(=O)c3ccc(N(C)C)cc3)oc12.